The van der Waals surface area contributed by atoms with Gasteiger partial charge in [0.15, 0.2) is 11.5 Å². The van der Waals surface area contributed by atoms with Crippen LogP contribution in [-0.2, 0) is 29.5 Å². The molecule has 0 saturated carbocycles. The lowest BCUT2D eigenvalue weighted by Crippen LogP contribution is -2.30. The highest BCUT2D eigenvalue weighted by Gasteiger charge is 2.20. The highest BCUT2D eigenvalue weighted by atomic mass is 32.2. The Kier molecular flexibility index (Phi) is 7.39. The molecule has 5 aromatic carbocycles. The fraction of sp³-hybridized carbons (Fsp3) is 0.176. The van der Waals surface area contributed by atoms with Crippen molar-refractivity contribution in [3.8, 4) is 22.6 Å². The number of ether oxygens (including phenoxy) is 2. The summed E-state index contributed by atoms with van der Waals surface area (Å²) in [5.41, 5.74) is 6.48. The topological polar surface area (TPSA) is 67.9 Å². The Labute approximate surface area is 241 Å². The molecule has 0 saturated heterocycles. The van der Waals surface area contributed by atoms with Gasteiger partial charge < -0.3 is 9.47 Å². The molecule has 6 nitrogen and oxygen atoms in total. The Hall–Kier alpha value is -4.33. The van der Waals surface area contributed by atoms with Crippen molar-refractivity contribution in [3.05, 3.63) is 120 Å². The fourth-order valence-corrected chi connectivity index (χ4v) is 6.80. The first-order valence-corrected chi connectivity index (χ1v) is 15.1. The van der Waals surface area contributed by atoms with E-state index in [9.17, 15) is 8.42 Å². The highest BCUT2D eigenvalue weighted by molar-refractivity contribution is 7.93. The lowest BCUT2D eigenvalue weighted by Gasteiger charge is -2.29. The molecule has 208 valence electrons. The summed E-state index contributed by atoms with van der Waals surface area (Å²) >= 11 is 0. The third-order valence-electron chi connectivity index (χ3n) is 7.67. The number of anilines is 1. The van der Waals surface area contributed by atoms with Crippen LogP contribution >= 0.6 is 0 Å². The second kappa shape index (κ2) is 11.3. The maximum Gasteiger partial charge on any atom is 0.262 e. The quantitative estimate of drug-likeness (QED) is 0.222. The van der Waals surface area contributed by atoms with E-state index in [4.69, 9.17) is 9.47 Å². The van der Waals surface area contributed by atoms with Crippen molar-refractivity contribution in [2.75, 3.05) is 25.5 Å². The Morgan fingerprint density at radius 2 is 1.39 bits per heavy atom. The molecule has 1 N–H and O–H groups in total. The molecule has 0 aliphatic carbocycles. The van der Waals surface area contributed by atoms with Gasteiger partial charge in [0.1, 0.15) is 0 Å². The number of nitrogens with one attached hydrogen (secondary N) is 1. The molecular formula is C34H32N2O4S. The van der Waals surface area contributed by atoms with E-state index in [0.717, 1.165) is 54.1 Å². The van der Waals surface area contributed by atoms with Crippen LogP contribution in [0.25, 0.3) is 21.9 Å². The second-order valence-corrected chi connectivity index (χ2v) is 11.9. The number of sulfonamides is 1. The summed E-state index contributed by atoms with van der Waals surface area (Å²) in [6.07, 6.45) is 0.977. The molecule has 0 spiro atoms. The van der Waals surface area contributed by atoms with Gasteiger partial charge in [0.05, 0.1) is 19.1 Å². The standard InChI is InChI=1S/C34H32N2O4S/c1-39-32-20-28-18-19-36(23-29(28)21-33(32)40-2)22-24-10-12-25(13-11-24)26-14-16-30(17-15-26)35-41(37,38)34-9-5-7-27-6-3-4-8-31(27)34/h3-17,20-21,35H,18-19,22-23H2,1-2H3. The number of methoxy groups -OCH3 is 2. The Morgan fingerprint density at radius 3 is 2.10 bits per heavy atom. The molecule has 1 aliphatic rings. The van der Waals surface area contributed by atoms with Crippen molar-refractivity contribution >= 4 is 26.5 Å². The second-order valence-electron chi connectivity index (χ2n) is 10.3. The van der Waals surface area contributed by atoms with E-state index in [1.54, 1.807) is 38.5 Å². The lowest BCUT2D eigenvalue weighted by atomic mass is 9.98. The van der Waals surface area contributed by atoms with Gasteiger partial charge in [0, 0.05) is 30.7 Å². The average molecular weight is 565 g/mol. The molecule has 0 unspecified atom stereocenters. The van der Waals surface area contributed by atoms with Gasteiger partial charge in [-0.3, -0.25) is 9.62 Å². The number of hydrogen-bond acceptors (Lipinski definition) is 5. The van der Waals surface area contributed by atoms with E-state index in [1.165, 1.54) is 16.7 Å². The first kappa shape index (κ1) is 26.9. The normalized spacial score (nSPS) is 13.5. The first-order valence-electron chi connectivity index (χ1n) is 13.6. The van der Waals surface area contributed by atoms with E-state index < -0.39 is 10.0 Å². The summed E-state index contributed by atoms with van der Waals surface area (Å²) in [7, 11) is -0.387. The third-order valence-corrected chi connectivity index (χ3v) is 9.11. The molecule has 0 aromatic heterocycles. The van der Waals surface area contributed by atoms with Gasteiger partial charge in [0.25, 0.3) is 10.0 Å². The maximum atomic E-state index is 13.2. The Balaban J connectivity index is 1.12. The number of nitrogens with zero attached hydrogens (tertiary/aromatic N) is 1. The van der Waals surface area contributed by atoms with Crippen LogP contribution in [0.1, 0.15) is 16.7 Å². The van der Waals surface area contributed by atoms with Crippen molar-refractivity contribution in [3.63, 3.8) is 0 Å². The zero-order valence-electron chi connectivity index (χ0n) is 23.1. The molecule has 41 heavy (non-hydrogen) atoms. The molecule has 7 heteroatoms. The molecule has 5 aromatic rings. The molecule has 0 atom stereocenters. The summed E-state index contributed by atoms with van der Waals surface area (Å²) in [5, 5.41) is 1.59. The molecule has 0 amide bonds. The van der Waals surface area contributed by atoms with E-state index in [-0.39, 0.29) is 4.90 Å². The van der Waals surface area contributed by atoms with Gasteiger partial charge in [0.2, 0.25) is 0 Å². The fourth-order valence-electron chi connectivity index (χ4n) is 5.51. The van der Waals surface area contributed by atoms with Crippen molar-refractivity contribution in [1.82, 2.24) is 4.90 Å². The Morgan fingerprint density at radius 1 is 0.756 bits per heavy atom. The molecule has 0 fully saturated rings. The minimum Gasteiger partial charge on any atom is -0.493 e. The van der Waals surface area contributed by atoms with Crippen LogP contribution in [-0.4, -0.2) is 34.1 Å². The maximum absolute atomic E-state index is 13.2. The van der Waals surface area contributed by atoms with Crippen molar-refractivity contribution in [2.24, 2.45) is 0 Å². The van der Waals surface area contributed by atoms with Gasteiger partial charge in [-0.25, -0.2) is 8.42 Å². The van der Waals surface area contributed by atoms with Crippen LogP contribution in [0.15, 0.2) is 108 Å². The van der Waals surface area contributed by atoms with Crippen molar-refractivity contribution in [1.29, 1.82) is 0 Å². The summed E-state index contributed by atoms with van der Waals surface area (Å²) < 4.78 is 40.0. The number of benzene rings is 5. The highest BCUT2D eigenvalue weighted by Crippen LogP contribution is 2.34. The van der Waals surface area contributed by atoms with Crippen LogP contribution in [0, 0.1) is 0 Å². The van der Waals surface area contributed by atoms with E-state index >= 15 is 0 Å². The van der Waals surface area contributed by atoms with Crippen LogP contribution in [0.2, 0.25) is 0 Å². The molecule has 0 bridgehead atoms. The van der Waals surface area contributed by atoms with Gasteiger partial charge in [-0.2, -0.15) is 0 Å². The molecule has 1 aliphatic heterocycles. The number of hydrogen-bond donors (Lipinski definition) is 1. The van der Waals surface area contributed by atoms with Crippen LogP contribution in [0.4, 0.5) is 5.69 Å². The monoisotopic (exact) mass is 564 g/mol. The predicted octanol–water partition coefficient (Wildman–Crippen LogP) is 6.88. The molecule has 1 heterocycles. The summed E-state index contributed by atoms with van der Waals surface area (Å²) in [5.74, 6) is 1.55. The van der Waals surface area contributed by atoms with E-state index in [0.29, 0.717) is 11.1 Å². The van der Waals surface area contributed by atoms with Crippen molar-refractivity contribution < 1.29 is 17.9 Å². The minimum absolute atomic E-state index is 0.270. The minimum atomic E-state index is -3.73. The van der Waals surface area contributed by atoms with Crippen LogP contribution in [0.3, 0.4) is 0 Å². The van der Waals surface area contributed by atoms with Gasteiger partial charge in [-0.05, 0) is 70.0 Å². The predicted molar refractivity (Wildman–Crippen MR) is 164 cm³/mol. The summed E-state index contributed by atoms with van der Waals surface area (Å²) in [6.45, 7) is 2.72. The number of fused-ring (bicyclic) bond motifs is 2. The molecular weight excluding hydrogens is 532 g/mol. The van der Waals surface area contributed by atoms with Crippen LogP contribution in [0.5, 0.6) is 11.5 Å². The largest absolute Gasteiger partial charge is 0.493 e. The summed E-state index contributed by atoms with van der Waals surface area (Å²) in [6, 6.07) is 33.1. The Bertz CT molecular complexity index is 1790. The van der Waals surface area contributed by atoms with E-state index in [1.807, 2.05) is 42.5 Å². The first-order chi connectivity index (χ1) is 19.9. The number of rotatable bonds is 8. The lowest BCUT2D eigenvalue weighted by molar-refractivity contribution is 0.244. The van der Waals surface area contributed by atoms with E-state index in [2.05, 4.69) is 46.0 Å². The van der Waals surface area contributed by atoms with Crippen LogP contribution < -0.4 is 14.2 Å². The SMILES string of the molecule is COc1cc2c(cc1OC)CN(Cc1ccc(-c3ccc(NS(=O)(=O)c4cccc5ccccc45)cc3)cc1)CC2. The zero-order chi connectivity index (χ0) is 28.4. The zero-order valence-corrected chi connectivity index (χ0v) is 23.9. The van der Waals surface area contributed by atoms with Gasteiger partial charge in [-0.1, -0.05) is 72.8 Å². The van der Waals surface area contributed by atoms with Gasteiger partial charge >= 0.3 is 0 Å². The molecule has 0 radical (unpaired) electrons. The third kappa shape index (κ3) is 5.64. The average Bonchev–Trinajstić information content (AvgIpc) is 3.00. The smallest absolute Gasteiger partial charge is 0.262 e. The van der Waals surface area contributed by atoms with Gasteiger partial charge in [-0.15, -0.1) is 0 Å². The molecule has 6 rings (SSSR count). The summed E-state index contributed by atoms with van der Waals surface area (Å²) in [4.78, 5) is 2.71. The van der Waals surface area contributed by atoms with Crippen molar-refractivity contribution in [2.45, 2.75) is 24.4 Å².